The number of nitrogens with zero attached hydrogens (tertiary/aromatic N) is 3. The third-order valence-corrected chi connectivity index (χ3v) is 5.82. The van der Waals surface area contributed by atoms with E-state index in [1.54, 1.807) is 7.11 Å². The molecule has 29 heavy (non-hydrogen) atoms. The van der Waals surface area contributed by atoms with E-state index in [0.717, 1.165) is 71.8 Å². The summed E-state index contributed by atoms with van der Waals surface area (Å²) in [5.41, 5.74) is 4.38. The molecule has 0 spiro atoms. The fourth-order valence-corrected chi connectivity index (χ4v) is 4.04. The van der Waals surface area contributed by atoms with Crippen LogP contribution in [-0.4, -0.2) is 60.5 Å². The molecule has 1 fully saturated rings. The largest absolute Gasteiger partial charge is 0.497 e. The number of carbonyl (C=O) groups excluding carboxylic acids is 1. The maximum absolute atomic E-state index is 13.6. The van der Waals surface area contributed by atoms with Crippen molar-refractivity contribution < 1.29 is 9.53 Å². The van der Waals surface area contributed by atoms with Gasteiger partial charge in [-0.05, 0) is 49.4 Å². The number of aromatic nitrogens is 1. The fraction of sp³-hybridized carbons (Fsp3) is 0.333. The Hall–Kier alpha value is -2.92. The molecule has 150 valence electrons. The fourth-order valence-electron chi connectivity index (χ4n) is 4.04. The first-order chi connectivity index (χ1) is 14.1. The van der Waals surface area contributed by atoms with Gasteiger partial charge in [0.1, 0.15) is 5.75 Å². The zero-order chi connectivity index (χ0) is 20.4. The van der Waals surface area contributed by atoms with Crippen molar-refractivity contribution in [3.05, 3.63) is 59.7 Å². The molecular weight excluding hydrogens is 362 g/mol. The lowest BCUT2D eigenvalue weighted by Crippen LogP contribution is -2.48. The van der Waals surface area contributed by atoms with E-state index in [1.807, 2.05) is 60.4 Å². The van der Waals surface area contributed by atoms with Crippen LogP contribution in [0.25, 0.3) is 22.2 Å². The van der Waals surface area contributed by atoms with Crippen LogP contribution in [0.15, 0.2) is 48.5 Å². The highest BCUT2D eigenvalue weighted by Crippen LogP contribution is 2.31. The normalized spacial score (nSPS) is 14.9. The van der Waals surface area contributed by atoms with Crippen molar-refractivity contribution >= 4 is 16.8 Å². The first-order valence-corrected chi connectivity index (χ1v) is 10.2. The molecule has 0 saturated carbocycles. The number of methoxy groups -OCH3 is 1. The molecule has 2 heterocycles. The lowest BCUT2D eigenvalue weighted by molar-refractivity contribution is 0.0644. The molecule has 3 aromatic rings. The highest BCUT2D eigenvalue weighted by atomic mass is 16.5. The van der Waals surface area contributed by atoms with Gasteiger partial charge in [-0.25, -0.2) is 4.98 Å². The van der Waals surface area contributed by atoms with Gasteiger partial charge in [-0.1, -0.05) is 25.1 Å². The molecule has 1 amide bonds. The molecule has 1 saturated heterocycles. The van der Waals surface area contributed by atoms with Crippen LogP contribution in [0, 0.1) is 6.92 Å². The summed E-state index contributed by atoms with van der Waals surface area (Å²) in [6.45, 7) is 8.58. The maximum atomic E-state index is 13.6. The highest BCUT2D eigenvalue weighted by molar-refractivity contribution is 6.09. The lowest BCUT2D eigenvalue weighted by atomic mass is 9.96. The summed E-state index contributed by atoms with van der Waals surface area (Å²) >= 11 is 0. The molecular formula is C24H27N3O2. The predicted octanol–water partition coefficient (Wildman–Crippen LogP) is 4.00. The van der Waals surface area contributed by atoms with Crippen molar-refractivity contribution in [2.75, 3.05) is 39.8 Å². The van der Waals surface area contributed by atoms with Gasteiger partial charge in [0, 0.05) is 37.1 Å². The second-order valence-corrected chi connectivity index (χ2v) is 7.43. The topological polar surface area (TPSA) is 45.7 Å². The molecule has 1 aromatic heterocycles. The zero-order valence-corrected chi connectivity index (χ0v) is 17.3. The smallest absolute Gasteiger partial charge is 0.254 e. The van der Waals surface area contributed by atoms with Gasteiger partial charge in [-0.15, -0.1) is 0 Å². The molecule has 0 radical (unpaired) electrons. The molecule has 5 nitrogen and oxygen atoms in total. The van der Waals surface area contributed by atoms with Gasteiger partial charge in [0.25, 0.3) is 5.91 Å². The quantitative estimate of drug-likeness (QED) is 0.677. The minimum absolute atomic E-state index is 0.103. The predicted molar refractivity (Wildman–Crippen MR) is 116 cm³/mol. The van der Waals surface area contributed by atoms with E-state index in [-0.39, 0.29) is 5.91 Å². The number of rotatable bonds is 4. The molecule has 0 atom stereocenters. The number of hydrogen-bond donors (Lipinski definition) is 0. The third-order valence-electron chi connectivity index (χ3n) is 5.82. The van der Waals surface area contributed by atoms with E-state index in [1.165, 1.54) is 0 Å². The number of ether oxygens (including phenoxy) is 1. The monoisotopic (exact) mass is 389 g/mol. The first-order valence-electron chi connectivity index (χ1n) is 10.2. The molecule has 0 aliphatic carbocycles. The molecule has 2 aromatic carbocycles. The van der Waals surface area contributed by atoms with Crippen LogP contribution >= 0.6 is 0 Å². The Labute approximate surface area is 171 Å². The van der Waals surface area contributed by atoms with Gasteiger partial charge in [-0.2, -0.15) is 0 Å². The number of benzene rings is 2. The highest BCUT2D eigenvalue weighted by Gasteiger charge is 2.26. The van der Waals surface area contributed by atoms with E-state index in [9.17, 15) is 4.79 Å². The number of fused-ring (bicyclic) bond motifs is 1. The van der Waals surface area contributed by atoms with E-state index < -0.39 is 0 Å². The maximum Gasteiger partial charge on any atom is 0.254 e. The van der Waals surface area contributed by atoms with Crippen LogP contribution in [-0.2, 0) is 0 Å². The van der Waals surface area contributed by atoms with Gasteiger partial charge in [0.05, 0.1) is 23.9 Å². The number of para-hydroxylation sites is 1. The van der Waals surface area contributed by atoms with E-state index in [2.05, 4.69) is 11.8 Å². The van der Waals surface area contributed by atoms with E-state index in [0.29, 0.717) is 0 Å². The van der Waals surface area contributed by atoms with Gasteiger partial charge in [0.2, 0.25) is 0 Å². The number of carbonyl (C=O) groups is 1. The Bertz CT molecular complexity index is 1020. The van der Waals surface area contributed by atoms with Crippen molar-refractivity contribution in [1.29, 1.82) is 0 Å². The van der Waals surface area contributed by atoms with Crippen LogP contribution in [0.4, 0.5) is 0 Å². The van der Waals surface area contributed by atoms with Gasteiger partial charge < -0.3 is 14.5 Å². The summed E-state index contributed by atoms with van der Waals surface area (Å²) in [4.78, 5) is 22.8. The minimum Gasteiger partial charge on any atom is -0.497 e. The van der Waals surface area contributed by atoms with Crippen molar-refractivity contribution in [1.82, 2.24) is 14.8 Å². The van der Waals surface area contributed by atoms with Crippen molar-refractivity contribution in [2.24, 2.45) is 0 Å². The summed E-state index contributed by atoms with van der Waals surface area (Å²) in [6, 6.07) is 15.8. The van der Waals surface area contributed by atoms with Crippen LogP contribution in [0.3, 0.4) is 0 Å². The molecule has 0 N–H and O–H groups in total. The Balaban J connectivity index is 1.80. The molecule has 1 aliphatic rings. The van der Waals surface area contributed by atoms with Crippen LogP contribution in [0.1, 0.15) is 22.8 Å². The first kappa shape index (κ1) is 19.4. The Morgan fingerprint density at radius 2 is 1.72 bits per heavy atom. The second-order valence-electron chi connectivity index (χ2n) is 7.43. The van der Waals surface area contributed by atoms with Crippen molar-refractivity contribution in [2.45, 2.75) is 13.8 Å². The zero-order valence-electron chi connectivity index (χ0n) is 17.3. The summed E-state index contributed by atoms with van der Waals surface area (Å²) in [5.74, 6) is 0.906. The minimum atomic E-state index is 0.103. The van der Waals surface area contributed by atoms with E-state index >= 15 is 0 Å². The summed E-state index contributed by atoms with van der Waals surface area (Å²) in [7, 11) is 1.66. The summed E-state index contributed by atoms with van der Waals surface area (Å²) < 4.78 is 5.28. The standard InChI is InChI=1S/C24H27N3O2/c1-4-26-13-15-27(16-14-26)24(28)22-17(2)23(18-9-11-19(29-3)12-10-18)25-21-8-6-5-7-20(21)22/h5-12H,4,13-16H2,1-3H3. The van der Waals surface area contributed by atoms with Crippen LogP contribution in [0.2, 0.25) is 0 Å². The molecule has 1 aliphatic heterocycles. The average Bonchev–Trinajstić information content (AvgIpc) is 2.78. The third kappa shape index (κ3) is 3.70. The Morgan fingerprint density at radius 3 is 2.38 bits per heavy atom. The van der Waals surface area contributed by atoms with Gasteiger partial charge in [0.15, 0.2) is 0 Å². The number of piperazine rings is 1. The summed E-state index contributed by atoms with van der Waals surface area (Å²) in [5, 5.41) is 0.921. The van der Waals surface area contributed by atoms with Crippen molar-refractivity contribution in [3.63, 3.8) is 0 Å². The van der Waals surface area contributed by atoms with Crippen LogP contribution in [0.5, 0.6) is 5.75 Å². The summed E-state index contributed by atoms with van der Waals surface area (Å²) in [6.07, 6.45) is 0. The van der Waals surface area contributed by atoms with Gasteiger partial charge >= 0.3 is 0 Å². The number of hydrogen-bond acceptors (Lipinski definition) is 4. The number of amides is 1. The van der Waals surface area contributed by atoms with Crippen molar-refractivity contribution in [3.8, 4) is 17.0 Å². The van der Waals surface area contributed by atoms with Crippen LogP contribution < -0.4 is 4.74 Å². The second kappa shape index (κ2) is 8.21. The Kier molecular flexibility index (Phi) is 5.49. The number of likely N-dealkylation sites (N-methyl/N-ethyl adjacent to an activating group) is 1. The average molecular weight is 389 g/mol. The molecule has 5 heteroatoms. The Morgan fingerprint density at radius 1 is 1.03 bits per heavy atom. The molecule has 0 unspecified atom stereocenters. The van der Waals surface area contributed by atoms with Gasteiger partial charge in [-0.3, -0.25) is 4.79 Å². The SMILES string of the molecule is CCN1CCN(C(=O)c2c(C)c(-c3ccc(OC)cc3)nc3ccccc23)CC1. The molecule has 0 bridgehead atoms. The molecule has 4 rings (SSSR count). The number of pyridine rings is 1. The van der Waals surface area contributed by atoms with E-state index in [4.69, 9.17) is 9.72 Å². The lowest BCUT2D eigenvalue weighted by Gasteiger charge is -2.34.